The fourth-order valence-corrected chi connectivity index (χ4v) is 5.77. The van der Waals surface area contributed by atoms with Gasteiger partial charge in [0.1, 0.15) is 24.4 Å². The molecule has 1 saturated heterocycles. The number of amides is 1. The molecule has 312 valence electrons. The third-order valence-corrected chi connectivity index (χ3v) is 9.12. The lowest BCUT2D eigenvalue weighted by atomic mass is 9.99. The number of carbonyl (C=O) groups is 1. The summed E-state index contributed by atoms with van der Waals surface area (Å²) in [5, 5.41) is 53.7. The van der Waals surface area contributed by atoms with Crippen LogP contribution in [0.3, 0.4) is 0 Å². The van der Waals surface area contributed by atoms with Gasteiger partial charge < -0.3 is 40.3 Å². The second kappa shape index (κ2) is 35.5. The Labute approximate surface area is 333 Å². The molecule has 7 atom stereocenters. The summed E-state index contributed by atoms with van der Waals surface area (Å²) in [4.78, 5) is 12.9. The lowest BCUT2D eigenvalue weighted by Gasteiger charge is -2.40. The molecule has 0 spiro atoms. The van der Waals surface area contributed by atoms with Gasteiger partial charge in [0.25, 0.3) is 0 Å². The molecule has 1 rings (SSSR count). The number of nitrogens with one attached hydrogen (secondary N) is 1. The molecule has 1 aliphatic rings. The quantitative estimate of drug-likeness (QED) is 0.0297. The van der Waals surface area contributed by atoms with Crippen molar-refractivity contribution >= 4 is 5.91 Å². The van der Waals surface area contributed by atoms with Crippen LogP contribution in [0, 0.1) is 0 Å². The molecule has 0 aromatic carbocycles. The second-order valence-corrected chi connectivity index (χ2v) is 14.0. The first-order valence-corrected chi connectivity index (χ1v) is 21.0. The Morgan fingerprint density at radius 2 is 1.15 bits per heavy atom. The summed E-state index contributed by atoms with van der Waals surface area (Å²) in [5.74, 6) is -0.213. The Bertz CT molecular complexity index is 1170. The fourth-order valence-electron chi connectivity index (χ4n) is 5.77. The first kappa shape index (κ1) is 50.1. The Balaban J connectivity index is 2.29. The highest BCUT2D eigenvalue weighted by Gasteiger charge is 2.44. The molecule has 1 heterocycles. The first-order valence-electron chi connectivity index (χ1n) is 21.0. The monoisotopic (exact) mass is 770 g/mol. The number of carbonyl (C=O) groups excluding carboxylic acids is 1. The van der Waals surface area contributed by atoms with E-state index in [4.69, 9.17) is 9.47 Å². The van der Waals surface area contributed by atoms with Crippen molar-refractivity contribution < 1.29 is 39.8 Å². The number of aliphatic hydroxyl groups excluding tert-OH is 5. The SMILES string of the molecule is CC/C=C\C/C=C\C/C=C\C/C=C\C/C=C\C/C=C\CCCCCCCCC(=O)NC(COC1OC(CO)C(O)C(O)C1O)C(O)/C=C/CC/C=C/CCC. The third-order valence-electron chi connectivity index (χ3n) is 9.12. The smallest absolute Gasteiger partial charge is 0.220 e. The number of aliphatic hydroxyl groups is 5. The van der Waals surface area contributed by atoms with Crippen LogP contribution in [0.5, 0.6) is 0 Å². The molecule has 1 fully saturated rings. The van der Waals surface area contributed by atoms with Crippen LogP contribution in [0.2, 0.25) is 0 Å². The highest BCUT2D eigenvalue weighted by atomic mass is 16.7. The molecule has 0 aromatic heterocycles. The van der Waals surface area contributed by atoms with E-state index in [2.05, 4.69) is 104 Å². The van der Waals surface area contributed by atoms with E-state index in [1.54, 1.807) is 6.08 Å². The van der Waals surface area contributed by atoms with Gasteiger partial charge in [0.2, 0.25) is 5.91 Å². The molecule has 9 heteroatoms. The van der Waals surface area contributed by atoms with E-state index < -0.39 is 49.5 Å². The summed E-state index contributed by atoms with van der Waals surface area (Å²) in [7, 11) is 0. The molecular weight excluding hydrogens is 695 g/mol. The van der Waals surface area contributed by atoms with Crippen molar-refractivity contribution in [2.75, 3.05) is 13.2 Å². The van der Waals surface area contributed by atoms with Crippen LogP contribution >= 0.6 is 0 Å². The van der Waals surface area contributed by atoms with Crippen LogP contribution < -0.4 is 5.32 Å². The van der Waals surface area contributed by atoms with Crippen molar-refractivity contribution in [2.24, 2.45) is 0 Å². The molecule has 7 unspecified atom stereocenters. The number of unbranched alkanes of at least 4 members (excludes halogenated alkanes) is 8. The normalized spacial score (nSPS) is 22.3. The van der Waals surface area contributed by atoms with E-state index in [1.165, 1.54) is 0 Å². The second-order valence-electron chi connectivity index (χ2n) is 14.0. The Hall–Kier alpha value is -2.89. The minimum absolute atomic E-state index is 0.213. The maximum atomic E-state index is 12.9. The molecular formula is C46H75NO8. The lowest BCUT2D eigenvalue weighted by Crippen LogP contribution is -2.60. The predicted molar refractivity (Wildman–Crippen MR) is 225 cm³/mol. The molecule has 0 aliphatic carbocycles. The van der Waals surface area contributed by atoms with Crippen molar-refractivity contribution in [2.45, 2.75) is 172 Å². The number of hydrogen-bond acceptors (Lipinski definition) is 8. The van der Waals surface area contributed by atoms with Crippen molar-refractivity contribution in [3.05, 3.63) is 97.2 Å². The van der Waals surface area contributed by atoms with E-state index in [9.17, 15) is 30.3 Å². The van der Waals surface area contributed by atoms with E-state index in [0.29, 0.717) is 6.42 Å². The van der Waals surface area contributed by atoms with Gasteiger partial charge in [-0.2, -0.15) is 0 Å². The van der Waals surface area contributed by atoms with Gasteiger partial charge in [0, 0.05) is 6.42 Å². The molecule has 0 saturated carbocycles. The van der Waals surface area contributed by atoms with Crippen LogP contribution in [-0.2, 0) is 14.3 Å². The van der Waals surface area contributed by atoms with Crippen LogP contribution in [0.1, 0.15) is 129 Å². The number of ether oxygens (including phenoxy) is 2. The Morgan fingerprint density at radius 1 is 0.636 bits per heavy atom. The van der Waals surface area contributed by atoms with Gasteiger partial charge in [-0.15, -0.1) is 0 Å². The van der Waals surface area contributed by atoms with Crippen molar-refractivity contribution in [3.63, 3.8) is 0 Å². The molecule has 0 aromatic rings. The molecule has 6 N–H and O–H groups in total. The zero-order chi connectivity index (χ0) is 40.2. The Kier molecular flexibility index (Phi) is 32.4. The van der Waals surface area contributed by atoms with Gasteiger partial charge in [-0.1, -0.05) is 143 Å². The summed E-state index contributed by atoms with van der Waals surface area (Å²) in [6.07, 6.45) is 43.4. The standard InChI is InChI=1S/C46H75NO8/c1-3-5-7-9-11-12-13-14-15-16-17-18-19-20-21-22-23-24-25-26-27-28-30-32-34-36-42(50)47-39(40(49)35-33-31-29-10-8-6-4-2)38-54-46-45(53)44(52)43(51)41(37-48)55-46/h5,7-8,10-12,14-15,17-18,20-21,23-24,33,35,39-41,43-46,48-49,51-53H,3-4,6,9,13,16,19,22,25-32,34,36-38H2,1-2H3,(H,47,50)/b7-5-,10-8+,12-11-,15-14-,18-17-,21-20-,24-23-,35-33+. The molecule has 9 nitrogen and oxygen atoms in total. The predicted octanol–water partition coefficient (Wildman–Crippen LogP) is 8.16. The minimum atomic E-state index is -1.58. The highest BCUT2D eigenvalue weighted by Crippen LogP contribution is 2.22. The molecule has 1 aliphatic heterocycles. The van der Waals surface area contributed by atoms with Crippen molar-refractivity contribution in [1.82, 2.24) is 5.32 Å². The van der Waals surface area contributed by atoms with Gasteiger partial charge in [-0.25, -0.2) is 0 Å². The van der Waals surface area contributed by atoms with Crippen LogP contribution in [0.25, 0.3) is 0 Å². The van der Waals surface area contributed by atoms with E-state index >= 15 is 0 Å². The topological polar surface area (TPSA) is 149 Å². The molecule has 0 bridgehead atoms. The van der Waals surface area contributed by atoms with Crippen molar-refractivity contribution in [1.29, 1.82) is 0 Å². The van der Waals surface area contributed by atoms with Crippen LogP contribution in [0.4, 0.5) is 0 Å². The molecule has 55 heavy (non-hydrogen) atoms. The number of rotatable bonds is 32. The van der Waals surface area contributed by atoms with E-state index in [0.717, 1.165) is 109 Å². The third kappa shape index (κ3) is 26.6. The zero-order valence-corrected chi connectivity index (χ0v) is 33.9. The fraction of sp³-hybridized carbons (Fsp3) is 0.630. The largest absolute Gasteiger partial charge is 0.394 e. The van der Waals surface area contributed by atoms with E-state index in [1.807, 2.05) is 6.08 Å². The Morgan fingerprint density at radius 3 is 1.73 bits per heavy atom. The average Bonchev–Trinajstić information content (AvgIpc) is 3.18. The summed E-state index contributed by atoms with van der Waals surface area (Å²) < 4.78 is 11.1. The number of hydrogen-bond donors (Lipinski definition) is 6. The van der Waals surface area contributed by atoms with Crippen molar-refractivity contribution in [3.8, 4) is 0 Å². The molecule has 0 radical (unpaired) electrons. The highest BCUT2D eigenvalue weighted by molar-refractivity contribution is 5.76. The summed E-state index contributed by atoms with van der Waals surface area (Å²) >= 11 is 0. The van der Waals surface area contributed by atoms with Gasteiger partial charge in [-0.3, -0.25) is 4.79 Å². The summed E-state index contributed by atoms with van der Waals surface area (Å²) in [6.45, 7) is 3.48. The first-order chi connectivity index (χ1) is 26.8. The van der Waals surface area contributed by atoms with Crippen LogP contribution in [-0.4, -0.2) is 87.5 Å². The van der Waals surface area contributed by atoms with Gasteiger partial charge in [-0.05, 0) is 77.0 Å². The van der Waals surface area contributed by atoms with Crippen LogP contribution in [0.15, 0.2) is 97.2 Å². The molecule has 1 amide bonds. The summed E-state index contributed by atoms with van der Waals surface area (Å²) in [6, 6.07) is -0.833. The zero-order valence-electron chi connectivity index (χ0n) is 33.9. The minimum Gasteiger partial charge on any atom is -0.394 e. The van der Waals surface area contributed by atoms with E-state index in [-0.39, 0.29) is 12.5 Å². The maximum Gasteiger partial charge on any atom is 0.220 e. The van der Waals surface area contributed by atoms with Gasteiger partial charge >= 0.3 is 0 Å². The average molecular weight is 770 g/mol. The number of allylic oxidation sites excluding steroid dienone is 15. The summed E-state index contributed by atoms with van der Waals surface area (Å²) in [5.41, 5.74) is 0. The lowest BCUT2D eigenvalue weighted by molar-refractivity contribution is -0.302. The van der Waals surface area contributed by atoms with Gasteiger partial charge in [0.05, 0.1) is 25.4 Å². The van der Waals surface area contributed by atoms with Gasteiger partial charge in [0.15, 0.2) is 6.29 Å². The maximum absolute atomic E-state index is 12.9.